The van der Waals surface area contributed by atoms with Crippen molar-refractivity contribution < 1.29 is 19.0 Å². The largest absolute Gasteiger partial charge is 0.484 e. The van der Waals surface area contributed by atoms with E-state index >= 15 is 0 Å². The van der Waals surface area contributed by atoms with Crippen LogP contribution in [0.25, 0.3) is 22.3 Å². The SMILES string of the molecule is COCCn1c(=O)c2[nH]c(-c3ccc(OCC(=O)Nc4ccccc4)cc3)cc2n(CCOC)c1=O. The van der Waals surface area contributed by atoms with Crippen LogP contribution in [0.15, 0.2) is 70.3 Å². The maximum absolute atomic E-state index is 13.0. The van der Waals surface area contributed by atoms with E-state index < -0.39 is 11.2 Å². The average Bonchev–Trinajstić information content (AvgIpc) is 3.34. The van der Waals surface area contributed by atoms with Crippen molar-refractivity contribution in [1.82, 2.24) is 14.1 Å². The number of rotatable bonds is 11. The van der Waals surface area contributed by atoms with Gasteiger partial charge in [-0.2, -0.15) is 0 Å². The predicted molar refractivity (Wildman–Crippen MR) is 137 cm³/mol. The molecule has 0 bridgehead atoms. The molecule has 0 radical (unpaired) electrons. The zero-order valence-corrected chi connectivity index (χ0v) is 20.2. The van der Waals surface area contributed by atoms with E-state index in [9.17, 15) is 14.4 Å². The van der Waals surface area contributed by atoms with Gasteiger partial charge in [-0.1, -0.05) is 18.2 Å². The molecule has 0 aliphatic carbocycles. The predicted octanol–water partition coefficient (Wildman–Crippen LogP) is 2.47. The quantitative estimate of drug-likeness (QED) is 0.332. The second kappa shape index (κ2) is 11.5. The fraction of sp³-hybridized carbons (Fsp3) is 0.269. The smallest absolute Gasteiger partial charge is 0.331 e. The van der Waals surface area contributed by atoms with Crippen LogP contribution in [0.4, 0.5) is 5.69 Å². The van der Waals surface area contributed by atoms with E-state index in [4.69, 9.17) is 14.2 Å². The highest BCUT2D eigenvalue weighted by Gasteiger charge is 2.16. The Hall–Kier alpha value is -4.15. The molecule has 1 amide bonds. The number of amides is 1. The molecule has 188 valence electrons. The van der Waals surface area contributed by atoms with Crippen molar-refractivity contribution in [2.24, 2.45) is 0 Å². The number of nitrogens with one attached hydrogen (secondary N) is 2. The van der Waals surface area contributed by atoms with Gasteiger partial charge in [-0.05, 0) is 48.0 Å². The lowest BCUT2D eigenvalue weighted by Crippen LogP contribution is -2.41. The number of methoxy groups -OCH3 is 2. The summed E-state index contributed by atoms with van der Waals surface area (Å²) in [4.78, 5) is 41.3. The van der Waals surface area contributed by atoms with Gasteiger partial charge in [-0.15, -0.1) is 0 Å². The molecule has 2 heterocycles. The maximum atomic E-state index is 13.0. The van der Waals surface area contributed by atoms with Crippen LogP contribution in [0, 0.1) is 0 Å². The minimum absolute atomic E-state index is 0.132. The van der Waals surface area contributed by atoms with Gasteiger partial charge in [-0.25, -0.2) is 4.79 Å². The number of carbonyl (C=O) groups is 1. The number of hydrogen-bond donors (Lipinski definition) is 2. The Bertz CT molecular complexity index is 1440. The van der Waals surface area contributed by atoms with Crippen molar-refractivity contribution in [2.75, 3.05) is 39.4 Å². The Balaban J connectivity index is 1.55. The summed E-state index contributed by atoms with van der Waals surface area (Å²) in [6.07, 6.45) is 0. The molecule has 2 N–H and O–H groups in total. The summed E-state index contributed by atoms with van der Waals surface area (Å²) in [7, 11) is 3.07. The van der Waals surface area contributed by atoms with Crippen molar-refractivity contribution >= 4 is 22.6 Å². The molecular weight excluding hydrogens is 464 g/mol. The summed E-state index contributed by atoms with van der Waals surface area (Å²) >= 11 is 0. The van der Waals surface area contributed by atoms with Crippen molar-refractivity contribution in [2.45, 2.75) is 13.1 Å². The van der Waals surface area contributed by atoms with Gasteiger partial charge in [0.15, 0.2) is 6.61 Å². The molecule has 36 heavy (non-hydrogen) atoms. The normalized spacial score (nSPS) is 11.1. The van der Waals surface area contributed by atoms with Crippen LogP contribution in [0.3, 0.4) is 0 Å². The van der Waals surface area contributed by atoms with Crippen molar-refractivity contribution in [3.63, 3.8) is 0 Å². The first-order valence-corrected chi connectivity index (χ1v) is 11.4. The molecule has 0 unspecified atom stereocenters. The zero-order chi connectivity index (χ0) is 25.5. The summed E-state index contributed by atoms with van der Waals surface area (Å²) in [5.41, 5.74) is 2.18. The molecule has 0 fully saturated rings. The van der Waals surface area contributed by atoms with E-state index in [-0.39, 0.29) is 25.7 Å². The lowest BCUT2D eigenvalue weighted by Gasteiger charge is -2.11. The van der Waals surface area contributed by atoms with Crippen LogP contribution >= 0.6 is 0 Å². The van der Waals surface area contributed by atoms with Crippen molar-refractivity contribution in [1.29, 1.82) is 0 Å². The Morgan fingerprint density at radius 2 is 1.58 bits per heavy atom. The third-order valence-corrected chi connectivity index (χ3v) is 5.64. The Morgan fingerprint density at radius 1 is 0.917 bits per heavy atom. The summed E-state index contributed by atoms with van der Waals surface area (Å²) in [6.45, 7) is 0.877. The molecule has 10 nitrogen and oxygen atoms in total. The van der Waals surface area contributed by atoms with Crippen LogP contribution in [0.1, 0.15) is 0 Å². The molecule has 0 spiro atoms. The van der Waals surface area contributed by atoms with Gasteiger partial charge in [0.05, 0.1) is 31.8 Å². The fourth-order valence-electron chi connectivity index (χ4n) is 3.82. The molecule has 0 aliphatic heterocycles. The van der Waals surface area contributed by atoms with E-state index in [1.165, 1.54) is 16.2 Å². The number of nitrogens with zero attached hydrogens (tertiary/aromatic N) is 2. The number of para-hydroxylation sites is 1. The van der Waals surface area contributed by atoms with Gasteiger partial charge in [0, 0.05) is 25.6 Å². The summed E-state index contributed by atoms with van der Waals surface area (Å²) in [6, 6.07) is 18.0. The highest BCUT2D eigenvalue weighted by atomic mass is 16.5. The Kier molecular flexibility index (Phi) is 7.99. The summed E-state index contributed by atoms with van der Waals surface area (Å²) in [5.74, 6) is 0.261. The second-order valence-electron chi connectivity index (χ2n) is 8.05. The van der Waals surface area contributed by atoms with Crippen LogP contribution in [0.2, 0.25) is 0 Å². The van der Waals surface area contributed by atoms with Gasteiger partial charge >= 0.3 is 5.69 Å². The molecule has 2 aromatic heterocycles. The van der Waals surface area contributed by atoms with E-state index in [1.54, 1.807) is 37.4 Å². The van der Waals surface area contributed by atoms with Gasteiger partial charge in [0.25, 0.3) is 11.5 Å². The van der Waals surface area contributed by atoms with Crippen molar-refractivity contribution in [3.05, 3.63) is 81.5 Å². The van der Waals surface area contributed by atoms with Crippen LogP contribution in [0.5, 0.6) is 5.75 Å². The first-order valence-electron chi connectivity index (χ1n) is 11.4. The van der Waals surface area contributed by atoms with Gasteiger partial charge in [0.1, 0.15) is 11.3 Å². The average molecular weight is 493 g/mol. The highest BCUT2D eigenvalue weighted by Crippen LogP contribution is 2.24. The number of aromatic nitrogens is 3. The summed E-state index contributed by atoms with van der Waals surface area (Å²) < 4.78 is 18.5. The number of hydrogen-bond acceptors (Lipinski definition) is 6. The lowest BCUT2D eigenvalue weighted by atomic mass is 10.1. The number of carbonyl (C=O) groups excluding carboxylic acids is 1. The number of aromatic amines is 1. The number of anilines is 1. The van der Waals surface area contributed by atoms with Crippen LogP contribution in [-0.2, 0) is 27.4 Å². The number of ether oxygens (including phenoxy) is 3. The molecule has 10 heteroatoms. The molecular formula is C26H28N4O6. The third kappa shape index (κ3) is 5.56. The first-order chi connectivity index (χ1) is 17.5. The fourth-order valence-corrected chi connectivity index (χ4v) is 3.82. The minimum atomic E-state index is -0.412. The van der Waals surface area contributed by atoms with Crippen LogP contribution < -0.4 is 21.3 Å². The van der Waals surface area contributed by atoms with Crippen molar-refractivity contribution in [3.8, 4) is 17.0 Å². The number of fused-ring (bicyclic) bond motifs is 1. The highest BCUT2D eigenvalue weighted by molar-refractivity contribution is 5.91. The Morgan fingerprint density at radius 3 is 2.25 bits per heavy atom. The standard InChI is InChI=1S/C26H28N4O6/c1-34-14-12-29-22-16-21(28-24(22)25(32)30(26(29)33)13-15-35-2)18-8-10-20(11-9-18)36-17-23(31)27-19-6-4-3-5-7-19/h3-11,16,28H,12-15,17H2,1-2H3,(H,27,31). The van der Waals surface area contributed by atoms with Gasteiger partial charge in [-0.3, -0.25) is 18.7 Å². The topological polar surface area (TPSA) is 117 Å². The molecule has 2 aromatic carbocycles. The molecule has 4 rings (SSSR count). The lowest BCUT2D eigenvalue weighted by molar-refractivity contribution is -0.118. The molecule has 0 saturated carbocycles. The van der Waals surface area contributed by atoms with E-state index in [0.717, 1.165) is 5.56 Å². The molecule has 0 saturated heterocycles. The number of H-pyrrole nitrogens is 1. The second-order valence-corrected chi connectivity index (χ2v) is 8.05. The first kappa shape index (κ1) is 25.0. The molecule has 0 atom stereocenters. The third-order valence-electron chi connectivity index (χ3n) is 5.64. The van der Waals surface area contributed by atoms with E-state index in [0.29, 0.717) is 41.3 Å². The number of benzene rings is 2. The minimum Gasteiger partial charge on any atom is -0.484 e. The van der Waals surface area contributed by atoms with Gasteiger partial charge < -0.3 is 24.5 Å². The summed E-state index contributed by atoms with van der Waals surface area (Å²) in [5, 5.41) is 2.77. The molecule has 4 aromatic rings. The van der Waals surface area contributed by atoms with Crippen LogP contribution in [-0.4, -0.2) is 54.1 Å². The monoisotopic (exact) mass is 492 g/mol. The Labute approximate surface area is 207 Å². The maximum Gasteiger partial charge on any atom is 0.331 e. The van der Waals surface area contributed by atoms with Gasteiger partial charge in [0.2, 0.25) is 0 Å². The zero-order valence-electron chi connectivity index (χ0n) is 20.2. The van der Waals surface area contributed by atoms with E-state index in [2.05, 4.69) is 10.3 Å². The molecule has 0 aliphatic rings. The van der Waals surface area contributed by atoms with E-state index in [1.807, 2.05) is 30.3 Å².